The summed E-state index contributed by atoms with van der Waals surface area (Å²) in [6.45, 7) is 5.64. The van der Waals surface area contributed by atoms with Crippen LogP contribution in [0.5, 0.6) is 0 Å². The van der Waals surface area contributed by atoms with Gasteiger partial charge in [-0.15, -0.1) is 12.4 Å². The molecule has 0 bridgehead atoms. The predicted molar refractivity (Wildman–Crippen MR) is 165 cm³/mol. The number of rotatable bonds is 12. The smallest absolute Gasteiger partial charge is 0.325 e. The van der Waals surface area contributed by atoms with Gasteiger partial charge in [-0.2, -0.15) is 0 Å². The molecule has 0 aliphatic heterocycles. The maximum atomic E-state index is 13.7. The zero-order valence-corrected chi connectivity index (χ0v) is 25.8. The van der Waals surface area contributed by atoms with Crippen molar-refractivity contribution in [3.8, 4) is 0 Å². The zero-order chi connectivity index (χ0) is 28.9. The monoisotopic (exact) mass is 581 g/mol. The first-order valence-electron chi connectivity index (χ1n) is 14.6. The van der Waals surface area contributed by atoms with E-state index in [0.29, 0.717) is 28.8 Å². The van der Waals surface area contributed by atoms with Gasteiger partial charge >= 0.3 is 5.97 Å². The second-order valence-corrected chi connectivity index (χ2v) is 11.3. The van der Waals surface area contributed by atoms with Crippen LogP contribution in [-0.4, -0.2) is 59.2 Å². The molecule has 2 heterocycles. The van der Waals surface area contributed by atoms with Crippen molar-refractivity contribution in [3.05, 3.63) is 76.6 Å². The molecule has 222 valence electrons. The number of aryl methyl sites for hydroxylation is 2. The summed E-state index contributed by atoms with van der Waals surface area (Å²) in [7, 11) is 3.40. The number of ketones is 1. The minimum absolute atomic E-state index is 0. The third-order valence-electron chi connectivity index (χ3n) is 8.53. The molecule has 41 heavy (non-hydrogen) atoms. The highest BCUT2D eigenvalue weighted by molar-refractivity contribution is 6.10. The van der Waals surface area contributed by atoms with Gasteiger partial charge < -0.3 is 19.4 Å². The summed E-state index contributed by atoms with van der Waals surface area (Å²) in [6.07, 6.45) is 11.0. The van der Waals surface area contributed by atoms with Crippen LogP contribution in [0.1, 0.15) is 96.8 Å². The Hall–Kier alpha value is -3.16. The lowest BCUT2D eigenvalue weighted by Crippen LogP contribution is -2.41. The molecule has 1 fully saturated rings. The summed E-state index contributed by atoms with van der Waals surface area (Å²) < 4.78 is 6.63. The van der Waals surface area contributed by atoms with E-state index in [1.807, 2.05) is 43.4 Å². The molecule has 0 atom stereocenters. The molecule has 0 saturated heterocycles. The highest BCUT2D eigenvalue weighted by atomic mass is 35.5. The summed E-state index contributed by atoms with van der Waals surface area (Å²) >= 11 is 0. The largest absolute Gasteiger partial charge is 0.468 e. The second-order valence-electron chi connectivity index (χ2n) is 11.3. The van der Waals surface area contributed by atoms with Gasteiger partial charge in [-0.1, -0.05) is 44.0 Å². The first kappa shape index (κ1) is 32.4. The average Bonchev–Trinajstić information content (AvgIpc) is 3.59. The Balaban J connectivity index is 0.00000462. The number of nitrogens with one attached hydrogen (secondary N) is 1. The van der Waals surface area contributed by atoms with E-state index < -0.39 is 5.97 Å². The Labute approximate surface area is 250 Å². The number of esters is 1. The SMILES string of the molecule is CCc1cc2cc(C(=O)N(CC(=O)OC)C(C)C)ccn2c1C(=O)c1ccc(CCCC2(NC)CCCC2)cc1.Cl. The first-order chi connectivity index (χ1) is 19.2. The molecule has 1 saturated carbocycles. The number of carbonyl (C=O) groups excluding carboxylic acids is 3. The lowest BCUT2D eigenvalue weighted by Gasteiger charge is -2.28. The van der Waals surface area contributed by atoms with Crippen LogP contribution in [-0.2, 0) is 22.4 Å². The third kappa shape index (κ3) is 7.19. The summed E-state index contributed by atoms with van der Waals surface area (Å²) in [5.74, 6) is -0.745. The molecule has 1 aromatic carbocycles. The minimum atomic E-state index is -0.464. The molecule has 0 unspecified atom stereocenters. The number of ether oxygens (including phenoxy) is 1. The van der Waals surface area contributed by atoms with Crippen LogP contribution in [0.2, 0.25) is 0 Å². The highest BCUT2D eigenvalue weighted by Gasteiger charge is 2.31. The Kier molecular flexibility index (Phi) is 11.2. The van der Waals surface area contributed by atoms with E-state index in [9.17, 15) is 14.4 Å². The van der Waals surface area contributed by atoms with E-state index in [0.717, 1.165) is 23.9 Å². The normalized spacial score (nSPS) is 14.2. The zero-order valence-electron chi connectivity index (χ0n) is 25.0. The van der Waals surface area contributed by atoms with Gasteiger partial charge in [0, 0.05) is 34.4 Å². The molecule has 3 aromatic rings. The standard InChI is InChI=1S/C33H43N3O4.ClH/c1-6-25-20-28-21-27(32(39)36(23(2)3)22-29(37)40-5)15-19-35(28)30(25)31(38)26-13-11-24(12-14-26)10-9-18-33(34-4)16-7-8-17-33;/h11-15,19-21,23,34H,6-10,16-18,22H2,1-5H3;1H. The number of hydrogen-bond donors (Lipinski definition) is 1. The lowest BCUT2D eigenvalue weighted by atomic mass is 9.90. The molecule has 8 heteroatoms. The van der Waals surface area contributed by atoms with Crippen LogP contribution >= 0.6 is 12.4 Å². The van der Waals surface area contributed by atoms with E-state index in [1.54, 1.807) is 18.3 Å². The third-order valence-corrected chi connectivity index (χ3v) is 8.53. The van der Waals surface area contributed by atoms with Crippen LogP contribution < -0.4 is 5.32 Å². The van der Waals surface area contributed by atoms with E-state index in [-0.39, 0.29) is 36.7 Å². The number of methoxy groups -OCH3 is 1. The van der Waals surface area contributed by atoms with Crippen molar-refractivity contribution >= 4 is 35.6 Å². The molecule has 1 aliphatic rings. The van der Waals surface area contributed by atoms with E-state index in [1.165, 1.54) is 49.7 Å². The van der Waals surface area contributed by atoms with Gasteiger partial charge in [-0.05, 0) is 88.7 Å². The number of amides is 1. The van der Waals surface area contributed by atoms with Crippen molar-refractivity contribution < 1.29 is 19.1 Å². The van der Waals surface area contributed by atoms with Crippen LogP contribution in [0.4, 0.5) is 0 Å². The Morgan fingerprint density at radius 2 is 1.73 bits per heavy atom. The molecule has 7 nitrogen and oxygen atoms in total. The van der Waals surface area contributed by atoms with Gasteiger partial charge in [0.1, 0.15) is 6.54 Å². The van der Waals surface area contributed by atoms with Gasteiger partial charge in [0.2, 0.25) is 5.78 Å². The van der Waals surface area contributed by atoms with Crippen LogP contribution in [0.15, 0.2) is 48.7 Å². The molecular weight excluding hydrogens is 538 g/mol. The molecule has 1 N–H and O–H groups in total. The van der Waals surface area contributed by atoms with Crippen LogP contribution in [0.25, 0.3) is 5.52 Å². The average molecular weight is 582 g/mol. The fourth-order valence-electron chi connectivity index (χ4n) is 6.02. The van der Waals surface area contributed by atoms with Crippen molar-refractivity contribution in [3.63, 3.8) is 0 Å². The Bertz CT molecular complexity index is 1360. The molecule has 1 amide bonds. The van der Waals surface area contributed by atoms with E-state index in [2.05, 4.69) is 24.5 Å². The number of carbonyl (C=O) groups is 3. The molecular formula is C33H44ClN3O4. The number of benzene rings is 1. The van der Waals surface area contributed by atoms with Crippen molar-refractivity contribution in [1.29, 1.82) is 0 Å². The second kappa shape index (κ2) is 14.1. The van der Waals surface area contributed by atoms with E-state index >= 15 is 0 Å². The predicted octanol–water partition coefficient (Wildman–Crippen LogP) is 6.03. The van der Waals surface area contributed by atoms with Gasteiger partial charge in [-0.25, -0.2) is 0 Å². The Morgan fingerprint density at radius 3 is 2.32 bits per heavy atom. The number of aromatic nitrogens is 1. The van der Waals surface area contributed by atoms with Gasteiger partial charge in [-0.3, -0.25) is 14.4 Å². The molecule has 0 radical (unpaired) electrons. The minimum Gasteiger partial charge on any atom is -0.468 e. The van der Waals surface area contributed by atoms with Crippen molar-refractivity contribution in [1.82, 2.24) is 14.6 Å². The van der Waals surface area contributed by atoms with E-state index in [4.69, 9.17) is 4.74 Å². The highest BCUT2D eigenvalue weighted by Crippen LogP contribution is 2.33. The maximum Gasteiger partial charge on any atom is 0.325 e. The number of hydrogen-bond acceptors (Lipinski definition) is 5. The maximum absolute atomic E-state index is 13.7. The molecule has 4 rings (SSSR count). The lowest BCUT2D eigenvalue weighted by molar-refractivity contribution is -0.141. The van der Waals surface area contributed by atoms with Gasteiger partial charge in [0.25, 0.3) is 5.91 Å². The van der Waals surface area contributed by atoms with Crippen molar-refractivity contribution in [2.45, 2.75) is 83.7 Å². The first-order valence-corrected chi connectivity index (χ1v) is 14.6. The van der Waals surface area contributed by atoms with Crippen LogP contribution in [0, 0.1) is 0 Å². The topological polar surface area (TPSA) is 80.1 Å². The van der Waals surface area contributed by atoms with Gasteiger partial charge in [0.15, 0.2) is 0 Å². The number of halogens is 1. The number of fused-ring (bicyclic) bond motifs is 1. The fraction of sp³-hybridized carbons (Fsp3) is 0.485. The molecule has 0 spiro atoms. The van der Waals surface area contributed by atoms with Crippen molar-refractivity contribution in [2.24, 2.45) is 0 Å². The number of nitrogens with zero attached hydrogens (tertiary/aromatic N) is 2. The molecule has 1 aliphatic carbocycles. The quantitative estimate of drug-likeness (QED) is 0.209. The fourth-order valence-corrected chi connectivity index (χ4v) is 6.02. The summed E-state index contributed by atoms with van der Waals surface area (Å²) in [5, 5.41) is 3.57. The van der Waals surface area contributed by atoms with Crippen LogP contribution in [0.3, 0.4) is 0 Å². The molecule has 2 aromatic heterocycles. The van der Waals surface area contributed by atoms with Crippen molar-refractivity contribution in [2.75, 3.05) is 20.7 Å². The summed E-state index contributed by atoms with van der Waals surface area (Å²) in [5.41, 5.74) is 5.01. The Morgan fingerprint density at radius 1 is 1.05 bits per heavy atom. The summed E-state index contributed by atoms with van der Waals surface area (Å²) in [6, 6.07) is 13.3. The summed E-state index contributed by atoms with van der Waals surface area (Å²) in [4.78, 5) is 40.3. The number of pyridine rings is 1. The van der Waals surface area contributed by atoms with Gasteiger partial charge in [0.05, 0.1) is 12.8 Å².